The molecule has 0 saturated heterocycles. The fourth-order valence-corrected chi connectivity index (χ4v) is 3.31. The van der Waals surface area contributed by atoms with Gasteiger partial charge in [0, 0.05) is 54.9 Å². The van der Waals surface area contributed by atoms with Crippen molar-refractivity contribution in [2.45, 2.75) is 27.3 Å². The van der Waals surface area contributed by atoms with Crippen LogP contribution in [0.3, 0.4) is 0 Å². The van der Waals surface area contributed by atoms with Crippen LogP contribution in [0.1, 0.15) is 32.7 Å². The molecule has 1 aromatic carbocycles. The Morgan fingerprint density at radius 2 is 1.93 bits per heavy atom. The Labute approximate surface area is 163 Å². The summed E-state index contributed by atoms with van der Waals surface area (Å²) in [5.41, 5.74) is 6.17. The summed E-state index contributed by atoms with van der Waals surface area (Å²) < 4.78 is 1.72. The Morgan fingerprint density at radius 3 is 2.54 bits per heavy atom. The molecule has 146 valence electrons. The van der Waals surface area contributed by atoms with Crippen LogP contribution < -0.4 is 16.2 Å². The molecule has 0 spiro atoms. The van der Waals surface area contributed by atoms with Crippen molar-refractivity contribution in [3.63, 3.8) is 0 Å². The minimum atomic E-state index is -0.223. The van der Waals surface area contributed by atoms with Crippen LogP contribution in [0.2, 0.25) is 0 Å². The van der Waals surface area contributed by atoms with Gasteiger partial charge < -0.3 is 15.6 Å². The highest BCUT2D eigenvalue weighted by atomic mass is 16.1. The van der Waals surface area contributed by atoms with Crippen molar-refractivity contribution >= 4 is 11.6 Å². The molecule has 28 heavy (non-hydrogen) atoms. The van der Waals surface area contributed by atoms with Crippen molar-refractivity contribution < 1.29 is 4.79 Å². The lowest BCUT2D eigenvalue weighted by Gasteiger charge is -2.14. The number of hydrogen-bond acceptors (Lipinski definition) is 4. The molecule has 0 aliphatic heterocycles. The first-order valence-electron chi connectivity index (χ1n) is 9.09. The Kier molecular flexibility index (Phi) is 5.35. The van der Waals surface area contributed by atoms with Gasteiger partial charge in [0.1, 0.15) is 0 Å². The van der Waals surface area contributed by atoms with E-state index in [4.69, 9.17) is 0 Å². The molecule has 7 nitrogen and oxygen atoms in total. The predicted molar refractivity (Wildman–Crippen MR) is 111 cm³/mol. The van der Waals surface area contributed by atoms with E-state index in [-0.39, 0.29) is 18.0 Å². The van der Waals surface area contributed by atoms with Crippen molar-refractivity contribution in [1.82, 2.24) is 20.1 Å². The van der Waals surface area contributed by atoms with Crippen LogP contribution in [-0.2, 0) is 13.6 Å². The van der Waals surface area contributed by atoms with E-state index >= 15 is 0 Å². The van der Waals surface area contributed by atoms with Crippen LogP contribution in [0, 0.1) is 20.8 Å². The Balaban J connectivity index is 1.92. The van der Waals surface area contributed by atoms with E-state index in [1.54, 1.807) is 10.9 Å². The lowest BCUT2D eigenvalue weighted by molar-refractivity contribution is 0.0950. The summed E-state index contributed by atoms with van der Waals surface area (Å²) in [7, 11) is 3.68. The van der Waals surface area contributed by atoms with Crippen molar-refractivity contribution in [2.24, 2.45) is 7.05 Å². The van der Waals surface area contributed by atoms with Crippen LogP contribution >= 0.6 is 0 Å². The number of benzene rings is 1. The molecule has 0 aliphatic carbocycles. The molecule has 0 unspecified atom stereocenters. The van der Waals surface area contributed by atoms with Crippen LogP contribution in [0.25, 0.3) is 11.1 Å². The summed E-state index contributed by atoms with van der Waals surface area (Å²) in [6, 6.07) is 5.75. The maximum atomic E-state index is 12.9. The van der Waals surface area contributed by atoms with Gasteiger partial charge in [-0.3, -0.25) is 14.3 Å². The number of carbonyl (C=O) groups excluding carboxylic acids is 1. The third-order valence-electron chi connectivity index (χ3n) is 4.88. The normalized spacial score (nSPS) is 10.8. The van der Waals surface area contributed by atoms with Gasteiger partial charge in [-0.15, -0.1) is 0 Å². The molecule has 0 aliphatic rings. The molecule has 2 aromatic heterocycles. The molecule has 0 fully saturated rings. The van der Waals surface area contributed by atoms with Gasteiger partial charge >= 0.3 is 0 Å². The molecule has 3 N–H and O–H groups in total. The number of carbonyl (C=O) groups is 1. The summed E-state index contributed by atoms with van der Waals surface area (Å²) in [6.45, 7) is 5.78. The SMILES string of the molecule is CNc1cc(-c2cnn(C)c2)cc(C(=O)NCc2c(C)cc(C)[nH]c2=O)c1C. The number of nitrogens with zero attached hydrogens (tertiary/aromatic N) is 2. The topological polar surface area (TPSA) is 91.8 Å². The fraction of sp³-hybridized carbons (Fsp3) is 0.286. The van der Waals surface area contributed by atoms with Crippen LogP contribution in [0.4, 0.5) is 5.69 Å². The Hall–Kier alpha value is -3.35. The lowest BCUT2D eigenvalue weighted by Crippen LogP contribution is -2.28. The molecule has 7 heteroatoms. The van der Waals surface area contributed by atoms with Gasteiger partial charge in [-0.05, 0) is 55.7 Å². The van der Waals surface area contributed by atoms with E-state index in [1.807, 2.05) is 59.3 Å². The first-order valence-corrected chi connectivity index (χ1v) is 9.09. The number of hydrogen-bond donors (Lipinski definition) is 3. The van der Waals surface area contributed by atoms with Gasteiger partial charge in [0.05, 0.1) is 6.20 Å². The smallest absolute Gasteiger partial charge is 0.253 e. The summed E-state index contributed by atoms with van der Waals surface area (Å²) in [5.74, 6) is -0.223. The molecule has 0 saturated carbocycles. The van der Waals surface area contributed by atoms with E-state index in [9.17, 15) is 9.59 Å². The van der Waals surface area contributed by atoms with Gasteiger partial charge in [-0.25, -0.2) is 0 Å². The molecular weight excluding hydrogens is 354 g/mol. The summed E-state index contributed by atoms with van der Waals surface area (Å²) >= 11 is 0. The number of rotatable bonds is 5. The molecule has 0 radical (unpaired) electrons. The van der Waals surface area contributed by atoms with E-state index in [0.717, 1.165) is 33.6 Å². The second-order valence-corrected chi connectivity index (χ2v) is 6.97. The molecule has 3 aromatic rings. The maximum Gasteiger partial charge on any atom is 0.253 e. The standard InChI is InChI=1S/C21H25N5O2/c1-12-6-13(2)25-21(28)18(12)10-23-20(27)17-7-15(8-19(22-4)14(17)3)16-9-24-26(5)11-16/h6-9,11,22H,10H2,1-5H3,(H,23,27)(H,25,28). The van der Waals surface area contributed by atoms with Crippen molar-refractivity contribution in [3.8, 4) is 11.1 Å². The quantitative estimate of drug-likeness (QED) is 0.636. The number of aryl methyl sites for hydroxylation is 3. The highest BCUT2D eigenvalue weighted by molar-refractivity contribution is 5.98. The first-order chi connectivity index (χ1) is 13.3. The lowest BCUT2D eigenvalue weighted by atomic mass is 9.99. The van der Waals surface area contributed by atoms with Gasteiger partial charge in [-0.1, -0.05) is 0 Å². The van der Waals surface area contributed by atoms with E-state index in [1.165, 1.54) is 0 Å². The molecule has 2 heterocycles. The highest BCUT2D eigenvalue weighted by Gasteiger charge is 2.16. The minimum Gasteiger partial charge on any atom is -0.388 e. The maximum absolute atomic E-state index is 12.9. The molecular formula is C21H25N5O2. The number of anilines is 1. The van der Waals surface area contributed by atoms with Crippen molar-refractivity contribution in [3.05, 3.63) is 68.9 Å². The second-order valence-electron chi connectivity index (χ2n) is 6.97. The highest BCUT2D eigenvalue weighted by Crippen LogP contribution is 2.28. The number of aromatic nitrogens is 3. The zero-order valence-electron chi connectivity index (χ0n) is 16.8. The summed E-state index contributed by atoms with van der Waals surface area (Å²) in [6.07, 6.45) is 3.67. The van der Waals surface area contributed by atoms with Crippen LogP contribution in [-0.4, -0.2) is 27.7 Å². The minimum absolute atomic E-state index is 0.172. The van der Waals surface area contributed by atoms with Crippen molar-refractivity contribution in [2.75, 3.05) is 12.4 Å². The molecule has 0 atom stereocenters. The van der Waals surface area contributed by atoms with E-state index < -0.39 is 0 Å². The first kappa shape index (κ1) is 19.4. The summed E-state index contributed by atoms with van der Waals surface area (Å²) in [4.78, 5) is 27.9. The van der Waals surface area contributed by atoms with Gasteiger partial charge in [0.2, 0.25) is 0 Å². The monoisotopic (exact) mass is 379 g/mol. The molecule has 3 rings (SSSR count). The van der Waals surface area contributed by atoms with Crippen molar-refractivity contribution in [1.29, 1.82) is 0 Å². The van der Waals surface area contributed by atoms with Gasteiger partial charge in [0.15, 0.2) is 0 Å². The Bertz CT molecular complexity index is 1090. The number of pyridine rings is 1. The average molecular weight is 379 g/mol. The van der Waals surface area contributed by atoms with Crippen LogP contribution in [0.5, 0.6) is 0 Å². The van der Waals surface area contributed by atoms with Gasteiger partial charge in [-0.2, -0.15) is 5.10 Å². The van der Waals surface area contributed by atoms with E-state index in [0.29, 0.717) is 11.1 Å². The number of H-pyrrole nitrogens is 1. The predicted octanol–water partition coefficient (Wildman–Crippen LogP) is 2.67. The zero-order valence-corrected chi connectivity index (χ0v) is 16.8. The molecule has 0 bridgehead atoms. The number of aromatic amines is 1. The largest absolute Gasteiger partial charge is 0.388 e. The average Bonchev–Trinajstić information content (AvgIpc) is 3.07. The van der Waals surface area contributed by atoms with Gasteiger partial charge in [0.25, 0.3) is 11.5 Å². The fourth-order valence-electron chi connectivity index (χ4n) is 3.31. The number of nitrogens with one attached hydrogen (secondary N) is 3. The Morgan fingerprint density at radius 1 is 1.18 bits per heavy atom. The third-order valence-corrected chi connectivity index (χ3v) is 4.88. The zero-order chi connectivity index (χ0) is 20.4. The second kappa shape index (κ2) is 7.72. The molecule has 1 amide bonds. The number of amides is 1. The van der Waals surface area contributed by atoms with Crippen LogP contribution in [0.15, 0.2) is 35.4 Å². The van der Waals surface area contributed by atoms with E-state index in [2.05, 4.69) is 20.7 Å². The summed E-state index contributed by atoms with van der Waals surface area (Å²) in [5, 5.41) is 10.2. The third kappa shape index (κ3) is 3.83.